The average Bonchev–Trinajstić information content (AvgIpc) is 2.92. The zero-order valence-corrected chi connectivity index (χ0v) is 11.5. The third kappa shape index (κ3) is 1.76. The van der Waals surface area contributed by atoms with Crippen molar-refractivity contribution in [3.8, 4) is 5.69 Å². The standard InChI is InChI=1S/C15H16ClN3/c16-11-4-6-12(7-5-11)19-15-13(8-9-17-15)14(18-19)10-2-1-3-10/h4-7,10,17H,1-3,8-9H2. The van der Waals surface area contributed by atoms with Gasteiger partial charge in [-0.2, -0.15) is 5.10 Å². The van der Waals surface area contributed by atoms with Crippen molar-refractivity contribution in [1.82, 2.24) is 9.78 Å². The zero-order chi connectivity index (χ0) is 12.8. The fraction of sp³-hybridized carbons (Fsp3) is 0.400. The van der Waals surface area contributed by atoms with Crippen molar-refractivity contribution in [3.05, 3.63) is 40.5 Å². The number of aromatic nitrogens is 2. The Hall–Kier alpha value is -1.48. The fourth-order valence-corrected chi connectivity index (χ4v) is 3.11. The highest BCUT2D eigenvalue weighted by atomic mass is 35.5. The van der Waals surface area contributed by atoms with Crippen molar-refractivity contribution in [2.45, 2.75) is 31.6 Å². The van der Waals surface area contributed by atoms with Crippen molar-refractivity contribution < 1.29 is 0 Å². The maximum absolute atomic E-state index is 5.96. The second-order valence-electron chi connectivity index (χ2n) is 5.41. The Kier molecular flexibility index (Phi) is 2.55. The van der Waals surface area contributed by atoms with Gasteiger partial charge in [-0.15, -0.1) is 0 Å². The van der Waals surface area contributed by atoms with Gasteiger partial charge in [0.2, 0.25) is 0 Å². The first-order valence-electron chi connectivity index (χ1n) is 6.94. The summed E-state index contributed by atoms with van der Waals surface area (Å²) >= 11 is 5.96. The van der Waals surface area contributed by atoms with Gasteiger partial charge < -0.3 is 5.32 Å². The molecule has 2 aliphatic rings. The van der Waals surface area contributed by atoms with E-state index < -0.39 is 0 Å². The summed E-state index contributed by atoms with van der Waals surface area (Å²) in [6, 6.07) is 7.90. The van der Waals surface area contributed by atoms with Crippen molar-refractivity contribution in [1.29, 1.82) is 0 Å². The molecule has 0 atom stereocenters. The molecule has 4 rings (SSSR count). The highest BCUT2D eigenvalue weighted by molar-refractivity contribution is 6.30. The van der Waals surface area contributed by atoms with E-state index >= 15 is 0 Å². The molecule has 0 radical (unpaired) electrons. The van der Waals surface area contributed by atoms with E-state index in [0.29, 0.717) is 5.92 Å². The van der Waals surface area contributed by atoms with Crippen LogP contribution in [0.4, 0.5) is 5.82 Å². The van der Waals surface area contributed by atoms with Gasteiger partial charge in [0, 0.05) is 23.0 Å². The molecule has 1 saturated carbocycles. The first-order valence-corrected chi connectivity index (χ1v) is 7.32. The van der Waals surface area contributed by atoms with E-state index in [4.69, 9.17) is 16.7 Å². The van der Waals surface area contributed by atoms with Crippen LogP contribution in [0.2, 0.25) is 5.02 Å². The SMILES string of the molecule is Clc1ccc(-n2nc(C3CCC3)c3c2NCC3)cc1. The Morgan fingerprint density at radius 2 is 2.00 bits per heavy atom. The van der Waals surface area contributed by atoms with Crippen LogP contribution in [-0.2, 0) is 6.42 Å². The first-order chi connectivity index (χ1) is 9.33. The molecule has 4 heteroatoms. The number of hydrogen-bond donors (Lipinski definition) is 1. The van der Waals surface area contributed by atoms with Crippen LogP contribution in [0.25, 0.3) is 5.69 Å². The van der Waals surface area contributed by atoms with Crippen molar-refractivity contribution in [2.24, 2.45) is 0 Å². The Balaban J connectivity index is 1.81. The molecule has 0 bridgehead atoms. The van der Waals surface area contributed by atoms with E-state index in [-0.39, 0.29) is 0 Å². The van der Waals surface area contributed by atoms with Gasteiger partial charge in [0.15, 0.2) is 0 Å². The molecule has 98 valence electrons. The summed E-state index contributed by atoms with van der Waals surface area (Å²) in [5.74, 6) is 1.87. The van der Waals surface area contributed by atoms with E-state index in [1.807, 2.05) is 28.9 Å². The molecule has 1 fully saturated rings. The quantitative estimate of drug-likeness (QED) is 0.903. The van der Waals surface area contributed by atoms with Gasteiger partial charge in [0.1, 0.15) is 5.82 Å². The Bertz CT molecular complexity index is 611. The molecule has 2 aromatic rings. The van der Waals surface area contributed by atoms with Gasteiger partial charge in [-0.05, 0) is 43.5 Å². The number of benzene rings is 1. The lowest BCUT2D eigenvalue weighted by molar-refractivity contribution is 0.407. The van der Waals surface area contributed by atoms with Crippen LogP contribution >= 0.6 is 11.6 Å². The van der Waals surface area contributed by atoms with E-state index in [0.717, 1.165) is 23.7 Å². The van der Waals surface area contributed by atoms with Crippen molar-refractivity contribution in [2.75, 3.05) is 11.9 Å². The van der Waals surface area contributed by atoms with Gasteiger partial charge >= 0.3 is 0 Å². The molecule has 1 aliphatic heterocycles. The number of nitrogens with one attached hydrogen (secondary N) is 1. The molecule has 0 saturated heterocycles. The van der Waals surface area contributed by atoms with Crippen LogP contribution in [0.1, 0.15) is 36.4 Å². The second-order valence-corrected chi connectivity index (χ2v) is 5.84. The number of nitrogens with zero attached hydrogens (tertiary/aromatic N) is 2. The number of fused-ring (bicyclic) bond motifs is 1. The molecule has 19 heavy (non-hydrogen) atoms. The largest absolute Gasteiger partial charge is 0.369 e. The fourth-order valence-electron chi connectivity index (χ4n) is 2.98. The Labute approximate surface area is 117 Å². The van der Waals surface area contributed by atoms with E-state index in [1.165, 1.54) is 36.3 Å². The molecule has 3 nitrogen and oxygen atoms in total. The summed E-state index contributed by atoms with van der Waals surface area (Å²) < 4.78 is 2.05. The number of anilines is 1. The van der Waals surface area contributed by atoms with Crippen LogP contribution in [0.5, 0.6) is 0 Å². The van der Waals surface area contributed by atoms with Crippen LogP contribution in [0.3, 0.4) is 0 Å². The predicted octanol–water partition coefficient (Wildman–Crippen LogP) is 3.76. The van der Waals surface area contributed by atoms with Crippen molar-refractivity contribution >= 4 is 17.4 Å². The molecular weight excluding hydrogens is 258 g/mol. The van der Waals surface area contributed by atoms with Gasteiger partial charge in [-0.25, -0.2) is 4.68 Å². The molecule has 0 amide bonds. The predicted molar refractivity (Wildman–Crippen MR) is 77.4 cm³/mol. The minimum Gasteiger partial charge on any atom is -0.369 e. The molecule has 1 aliphatic carbocycles. The van der Waals surface area contributed by atoms with Gasteiger partial charge in [-0.3, -0.25) is 0 Å². The minimum atomic E-state index is 0.683. The topological polar surface area (TPSA) is 29.9 Å². The summed E-state index contributed by atoms with van der Waals surface area (Å²) in [6.07, 6.45) is 5.05. The smallest absolute Gasteiger partial charge is 0.133 e. The molecule has 1 aromatic heterocycles. The van der Waals surface area contributed by atoms with Crippen LogP contribution < -0.4 is 5.32 Å². The monoisotopic (exact) mass is 273 g/mol. The van der Waals surface area contributed by atoms with Gasteiger partial charge in [-0.1, -0.05) is 18.0 Å². The first kappa shape index (κ1) is 11.4. The van der Waals surface area contributed by atoms with E-state index in [2.05, 4.69) is 5.32 Å². The lowest BCUT2D eigenvalue weighted by atomic mass is 9.81. The Morgan fingerprint density at radius 1 is 1.21 bits per heavy atom. The molecule has 2 heterocycles. The third-order valence-corrected chi connectivity index (χ3v) is 4.50. The maximum atomic E-state index is 5.96. The summed E-state index contributed by atoms with van der Waals surface area (Å²) in [4.78, 5) is 0. The molecule has 0 unspecified atom stereocenters. The van der Waals surface area contributed by atoms with Crippen LogP contribution in [-0.4, -0.2) is 16.3 Å². The summed E-state index contributed by atoms with van der Waals surface area (Å²) in [5.41, 5.74) is 3.83. The van der Waals surface area contributed by atoms with E-state index in [9.17, 15) is 0 Å². The van der Waals surface area contributed by atoms with Gasteiger partial charge in [0.05, 0.1) is 11.4 Å². The van der Waals surface area contributed by atoms with E-state index in [1.54, 1.807) is 0 Å². The lowest BCUT2D eigenvalue weighted by Crippen LogP contribution is -2.12. The number of halogens is 1. The molecule has 0 spiro atoms. The van der Waals surface area contributed by atoms with Crippen molar-refractivity contribution in [3.63, 3.8) is 0 Å². The summed E-state index contributed by atoms with van der Waals surface area (Å²) in [6.45, 7) is 1.03. The summed E-state index contributed by atoms with van der Waals surface area (Å²) in [7, 11) is 0. The molecule has 1 N–H and O–H groups in total. The second kappa shape index (κ2) is 4.27. The normalized spacial score (nSPS) is 17.9. The lowest BCUT2D eigenvalue weighted by Gasteiger charge is -2.24. The average molecular weight is 274 g/mol. The minimum absolute atomic E-state index is 0.683. The number of rotatable bonds is 2. The molecule has 1 aromatic carbocycles. The van der Waals surface area contributed by atoms with Crippen LogP contribution in [0.15, 0.2) is 24.3 Å². The third-order valence-electron chi connectivity index (χ3n) is 4.25. The van der Waals surface area contributed by atoms with Gasteiger partial charge in [0.25, 0.3) is 0 Å². The highest BCUT2D eigenvalue weighted by Crippen LogP contribution is 2.41. The Morgan fingerprint density at radius 3 is 2.68 bits per heavy atom. The number of hydrogen-bond acceptors (Lipinski definition) is 2. The maximum Gasteiger partial charge on any atom is 0.133 e. The van der Waals surface area contributed by atoms with Crippen LogP contribution in [0, 0.1) is 0 Å². The highest BCUT2D eigenvalue weighted by Gasteiger charge is 2.30. The zero-order valence-electron chi connectivity index (χ0n) is 10.7. The summed E-state index contributed by atoms with van der Waals surface area (Å²) in [5, 5.41) is 9.10. The molecular formula is C15H16ClN3.